The highest BCUT2D eigenvalue weighted by molar-refractivity contribution is 5.78. The van der Waals surface area contributed by atoms with Crippen LogP contribution in [0, 0.1) is 24.2 Å². The summed E-state index contributed by atoms with van der Waals surface area (Å²) in [5.74, 6) is 1.15. The highest BCUT2D eigenvalue weighted by Gasteiger charge is 2.23. The third-order valence-corrected chi connectivity index (χ3v) is 5.29. The average molecular weight is 362 g/mol. The summed E-state index contributed by atoms with van der Waals surface area (Å²) in [6, 6.07) is 17.9. The van der Waals surface area contributed by atoms with Gasteiger partial charge >= 0.3 is 0 Å². The Morgan fingerprint density at radius 1 is 1.15 bits per heavy atom. The topological polar surface area (TPSA) is 53.3 Å². The smallest absolute Gasteiger partial charge is 0.260 e. The van der Waals surface area contributed by atoms with Gasteiger partial charge in [-0.25, -0.2) is 0 Å². The van der Waals surface area contributed by atoms with Gasteiger partial charge in [0.1, 0.15) is 11.8 Å². The highest BCUT2D eigenvalue weighted by Crippen LogP contribution is 2.23. The summed E-state index contributed by atoms with van der Waals surface area (Å²) in [5, 5.41) is 9.08. The molecule has 2 aromatic rings. The molecule has 2 aromatic carbocycles. The number of hydrogen-bond donors (Lipinski definition) is 0. The first-order valence-electron chi connectivity index (χ1n) is 9.61. The largest absolute Gasteiger partial charge is 0.482 e. The lowest BCUT2D eigenvalue weighted by molar-refractivity contribution is -0.134. The molecule has 1 amide bonds. The zero-order valence-corrected chi connectivity index (χ0v) is 15.9. The Labute approximate surface area is 161 Å². The van der Waals surface area contributed by atoms with Crippen molar-refractivity contribution in [3.8, 4) is 11.8 Å². The van der Waals surface area contributed by atoms with Crippen LogP contribution in [0.25, 0.3) is 0 Å². The molecule has 0 aromatic heterocycles. The molecule has 140 valence electrons. The number of carbonyl (C=O) groups excluding carboxylic acids is 1. The van der Waals surface area contributed by atoms with Crippen molar-refractivity contribution in [1.82, 2.24) is 4.90 Å². The number of benzene rings is 2. The molecule has 1 saturated heterocycles. The van der Waals surface area contributed by atoms with Crippen molar-refractivity contribution in [1.29, 1.82) is 5.26 Å². The van der Waals surface area contributed by atoms with Crippen LogP contribution in [0.1, 0.15) is 36.0 Å². The number of amides is 1. The summed E-state index contributed by atoms with van der Waals surface area (Å²) in [6.07, 6.45) is 4.38. The summed E-state index contributed by atoms with van der Waals surface area (Å²) < 4.78 is 5.57. The number of likely N-dealkylation sites (tertiary alicyclic amines) is 1. The summed E-state index contributed by atoms with van der Waals surface area (Å²) >= 11 is 0. The maximum atomic E-state index is 12.4. The number of nitrogens with zero attached hydrogens (tertiary/aromatic N) is 2. The maximum absolute atomic E-state index is 12.4. The summed E-state index contributed by atoms with van der Waals surface area (Å²) in [4.78, 5) is 14.3. The lowest BCUT2D eigenvalue weighted by atomic mass is 9.90. The van der Waals surface area contributed by atoms with Gasteiger partial charge < -0.3 is 9.64 Å². The minimum Gasteiger partial charge on any atom is -0.482 e. The molecule has 4 heteroatoms. The fourth-order valence-corrected chi connectivity index (χ4v) is 3.51. The SMILES string of the molecule is Cc1ccc(CCC2CCN(C(=O)COc3ccccc3C#N)CC2)cc1. The predicted molar refractivity (Wildman–Crippen MR) is 105 cm³/mol. The molecule has 4 nitrogen and oxygen atoms in total. The first-order valence-corrected chi connectivity index (χ1v) is 9.61. The van der Waals surface area contributed by atoms with Crippen molar-refractivity contribution in [2.75, 3.05) is 19.7 Å². The van der Waals surface area contributed by atoms with E-state index in [1.165, 1.54) is 17.5 Å². The summed E-state index contributed by atoms with van der Waals surface area (Å²) in [5.41, 5.74) is 3.15. The molecule has 1 aliphatic heterocycles. The van der Waals surface area contributed by atoms with Crippen LogP contribution < -0.4 is 4.74 Å². The van der Waals surface area contributed by atoms with E-state index in [9.17, 15) is 4.79 Å². The van der Waals surface area contributed by atoms with Crippen molar-refractivity contribution in [2.45, 2.75) is 32.6 Å². The molecule has 0 saturated carbocycles. The van der Waals surface area contributed by atoms with Gasteiger partial charge in [0.05, 0.1) is 5.56 Å². The minimum absolute atomic E-state index is 0.000252. The molecule has 27 heavy (non-hydrogen) atoms. The van der Waals surface area contributed by atoms with Crippen molar-refractivity contribution in [2.24, 2.45) is 5.92 Å². The Morgan fingerprint density at radius 3 is 2.56 bits per heavy atom. The molecule has 0 radical (unpaired) electrons. The van der Waals surface area contributed by atoms with E-state index in [1.54, 1.807) is 24.3 Å². The molecule has 1 fully saturated rings. The van der Waals surface area contributed by atoms with Gasteiger partial charge in [0.15, 0.2) is 6.61 Å². The summed E-state index contributed by atoms with van der Waals surface area (Å²) in [6.45, 7) is 3.69. The second-order valence-corrected chi connectivity index (χ2v) is 7.25. The molecule has 0 aliphatic carbocycles. The molecule has 0 bridgehead atoms. The number of hydrogen-bond acceptors (Lipinski definition) is 3. The summed E-state index contributed by atoms with van der Waals surface area (Å²) in [7, 11) is 0. The van der Waals surface area contributed by atoms with E-state index >= 15 is 0 Å². The van der Waals surface area contributed by atoms with Gasteiger partial charge in [-0.15, -0.1) is 0 Å². The Morgan fingerprint density at radius 2 is 1.85 bits per heavy atom. The van der Waals surface area contributed by atoms with Crippen molar-refractivity contribution in [3.63, 3.8) is 0 Å². The lowest BCUT2D eigenvalue weighted by Gasteiger charge is -2.32. The van der Waals surface area contributed by atoms with E-state index in [0.717, 1.165) is 32.4 Å². The fourth-order valence-electron chi connectivity index (χ4n) is 3.51. The number of rotatable bonds is 6. The number of piperidine rings is 1. The molecule has 0 atom stereocenters. The van der Waals surface area contributed by atoms with E-state index in [4.69, 9.17) is 10.00 Å². The average Bonchev–Trinajstić information content (AvgIpc) is 2.72. The first kappa shape index (κ1) is 19.0. The maximum Gasteiger partial charge on any atom is 0.260 e. The molecular weight excluding hydrogens is 336 g/mol. The van der Waals surface area contributed by atoms with E-state index in [0.29, 0.717) is 17.2 Å². The van der Waals surface area contributed by atoms with E-state index in [2.05, 4.69) is 37.3 Å². The normalized spacial score (nSPS) is 14.6. The quantitative estimate of drug-likeness (QED) is 0.777. The number of carbonyl (C=O) groups is 1. The molecule has 0 unspecified atom stereocenters. The Balaban J connectivity index is 1.41. The molecule has 0 spiro atoms. The van der Waals surface area contributed by atoms with Crippen molar-refractivity contribution >= 4 is 5.91 Å². The molecule has 0 N–H and O–H groups in total. The fraction of sp³-hybridized carbons (Fsp3) is 0.391. The van der Waals surface area contributed by atoms with Gasteiger partial charge in [-0.1, -0.05) is 42.0 Å². The molecule has 1 heterocycles. The van der Waals surface area contributed by atoms with Gasteiger partial charge in [-0.3, -0.25) is 4.79 Å². The highest BCUT2D eigenvalue weighted by atomic mass is 16.5. The number of nitriles is 1. The van der Waals surface area contributed by atoms with Crippen LogP contribution >= 0.6 is 0 Å². The van der Waals surface area contributed by atoms with Gasteiger partial charge in [0, 0.05) is 13.1 Å². The zero-order valence-electron chi connectivity index (χ0n) is 15.9. The third kappa shape index (κ3) is 5.34. The Hall–Kier alpha value is -2.80. The Bertz CT molecular complexity index is 800. The standard InChI is InChI=1S/C23H26N2O2/c1-18-6-8-19(9-7-18)10-11-20-12-14-25(15-13-20)23(26)17-27-22-5-3-2-4-21(22)16-24/h2-9,20H,10-15,17H2,1H3. The van der Waals surface area contributed by atoms with Crippen molar-refractivity contribution in [3.05, 3.63) is 65.2 Å². The van der Waals surface area contributed by atoms with Crippen LogP contribution in [-0.4, -0.2) is 30.5 Å². The zero-order chi connectivity index (χ0) is 19.1. The molecule has 3 rings (SSSR count). The molecule has 1 aliphatic rings. The molecular formula is C23H26N2O2. The van der Waals surface area contributed by atoms with Crippen LogP contribution in [0.4, 0.5) is 0 Å². The number of para-hydroxylation sites is 1. The van der Waals surface area contributed by atoms with Crippen LogP contribution in [-0.2, 0) is 11.2 Å². The van der Waals surface area contributed by atoms with Crippen LogP contribution in [0.3, 0.4) is 0 Å². The van der Waals surface area contributed by atoms with E-state index in [1.807, 2.05) is 4.90 Å². The number of ether oxygens (including phenoxy) is 1. The lowest BCUT2D eigenvalue weighted by Crippen LogP contribution is -2.41. The van der Waals surface area contributed by atoms with Gasteiger partial charge in [0.2, 0.25) is 0 Å². The van der Waals surface area contributed by atoms with Crippen LogP contribution in [0.15, 0.2) is 48.5 Å². The predicted octanol–water partition coefficient (Wildman–Crippen LogP) is 4.12. The van der Waals surface area contributed by atoms with Crippen molar-refractivity contribution < 1.29 is 9.53 Å². The minimum atomic E-state index is -0.00722. The van der Waals surface area contributed by atoms with Crippen LogP contribution in [0.5, 0.6) is 5.75 Å². The second kappa shape index (κ2) is 9.23. The Kier molecular flexibility index (Phi) is 6.49. The van der Waals surface area contributed by atoms with Crippen LogP contribution in [0.2, 0.25) is 0 Å². The van der Waals surface area contributed by atoms with Gasteiger partial charge in [-0.05, 0) is 56.2 Å². The van der Waals surface area contributed by atoms with Gasteiger partial charge in [0.25, 0.3) is 5.91 Å². The van der Waals surface area contributed by atoms with Gasteiger partial charge in [-0.2, -0.15) is 5.26 Å². The van der Waals surface area contributed by atoms with E-state index in [-0.39, 0.29) is 12.5 Å². The number of aryl methyl sites for hydroxylation is 2. The first-order chi connectivity index (χ1) is 13.2. The van der Waals surface area contributed by atoms with E-state index < -0.39 is 0 Å². The third-order valence-electron chi connectivity index (χ3n) is 5.29. The second-order valence-electron chi connectivity index (χ2n) is 7.25. The monoisotopic (exact) mass is 362 g/mol.